The molecule has 0 aromatic heterocycles. The van der Waals surface area contributed by atoms with Gasteiger partial charge in [-0.2, -0.15) is 0 Å². The Bertz CT molecular complexity index is 778. The molecule has 1 N–H and O–H groups in total. The standard InChI is InChI=1S/C22H29N3O3/c26-22(25-13-11-24(12-14-25)17-19-7-4-15-27-19)23-10-16-28-21-9-3-6-18-5-1-2-8-20(18)21/h1-3,5-6,8-9,19H,4,7,10-17H2,(H,23,26). The van der Waals surface area contributed by atoms with Crippen molar-refractivity contribution in [2.24, 2.45) is 0 Å². The molecular formula is C22H29N3O3. The average Bonchev–Trinajstić information content (AvgIpc) is 3.25. The molecule has 2 aromatic carbocycles. The molecule has 0 radical (unpaired) electrons. The Balaban J connectivity index is 1.17. The number of carbonyl (C=O) groups is 1. The highest BCUT2D eigenvalue weighted by atomic mass is 16.5. The Kier molecular flexibility index (Phi) is 6.29. The van der Waals surface area contributed by atoms with Crippen molar-refractivity contribution >= 4 is 16.8 Å². The number of benzene rings is 2. The van der Waals surface area contributed by atoms with Crippen molar-refractivity contribution in [1.82, 2.24) is 15.1 Å². The molecule has 2 saturated heterocycles. The van der Waals surface area contributed by atoms with Gasteiger partial charge in [0.1, 0.15) is 12.4 Å². The molecule has 28 heavy (non-hydrogen) atoms. The number of ether oxygens (including phenoxy) is 2. The Morgan fingerprint density at radius 3 is 2.75 bits per heavy atom. The molecule has 2 aliphatic heterocycles. The van der Waals surface area contributed by atoms with E-state index in [1.54, 1.807) is 0 Å². The molecule has 0 aliphatic carbocycles. The first-order valence-corrected chi connectivity index (χ1v) is 10.3. The molecule has 2 amide bonds. The summed E-state index contributed by atoms with van der Waals surface area (Å²) in [5.41, 5.74) is 0. The first-order chi connectivity index (χ1) is 13.8. The first kappa shape index (κ1) is 19.0. The molecule has 4 rings (SSSR count). The van der Waals surface area contributed by atoms with Gasteiger partial charge in [-0.25, -0.2) is 4.79 Å². The van der Waals surface area contributed by atoms with Crippen molar-refractivity contribution < 1.29 is 14.3 Å². The molecular weight excluding hydrogens is 354 g/mol. The highest BCUT2D eigenvalue weighted by molar-refractivity contribution is 5.88. The van der Waals surface area contributed by atoms with Crippen LogP contribution in [0.5, 0.6) is 5.75 Å². The maximum Gasteiger partial charge on any atom is 0.317 e. The number of fused-ring (bicyclic) bond motifs is 1. The lowest BCUT2D eigenvalue weighted by molar-refractivity contribution is 0.0560. The van der Waals surface area contributed by atoms with Crippen LogP contribution in [-0.2, 0) is 4.74 Å². The molecule has 2 heterocycles. The van der Waals surface area contributed by atoms with Crippen molar-refractivity contribution in [3.8, 4) is 5.75 Å². The summed E-state index contributed by atoms with van der Waals surface area (Å²) in [4.78, 5) is 16.7. The van der Waals surface area contributed by atoms with E-state index in [1.165, 1.54) is 6.42 Å². The van der Waals surface area contributed by atoms with Crippen molar-refractivity contribution in [2.75, 3.05) is 52.5 Å². The molecule has 150 valence electrons. The maximum absolute atomic E-state index is 12.4. The van der Waals surface area contributed by atoms with Gasteiger partial charge in [0, 0.05) is 44.7 Å². The third-order valence-electron chi connectivity index (χ3n) is 5.53. The fraction of sp³-hybridized carbons (Fsp3) is 0.500. The fourth-order valence-corrected chi connectivity index (χ4v) is 3.96. The van der Waals surface area contributed by atoms with Crippen LogP contribution < -0.4 is 10.1 Å². The van der Waals surface area contributed by atoms with Gasteiger partial charge in [-0.3, -0.25) is 4.90 Å². The second kappa shape index (κ2) is 9.26. The molecule has 2 aliphatic rings. The lowest BCUT2D eigenvalue weighted by Crippen LogP contribution is -2.53. The number of rotatable bonds is 6. The number of hydrogen-bond donors (Lipinski definition) is 1. The van der Waals surface area contributed by atoms with Gasteiger partial charge in [0.2, 0.25) is 0 Å². The van der Waals surface area contributed by atoms with E-state index in [-0.39, 0.29) is 6.03 Å². The summed E-state index contributed by atoms with van der Waals surface area (Å²) in [6, 6.07) is 14.2. The van der Waals surface area contributed by atoms with E-state index < -0.39 is 0 Å². The van der Waals surface area contributed by atoms with E-state index in [0.29, 0.717) is 19.3 Å². The quantitative estimate of drug-likeness (QED) is 0.780. The number of carbonyl (C=O) groups excluding carboxylic acids is 1. The largest absolute Gasteiger partial charge is 0.491 e. The van der Waals surface area contributed by atoms with Crippen molar-refractivity contribution in [2.45, 2.75) is 18.9 Å². The van der Waals surface area contributed by atoms with E-state index in [4.69, 9.17) is 9.47 Å². The number of nitrogens with zero attached hydrogens (tertiary/aromatic N) is 2. The van der Waals surface area contributed by atoms with Crippen LogP contribution in [-0.4, -0.2) is 74.4 Å². The van der Waals surface area contributed by atoms with Gasteiger partial charge in [-0.15, -0.1) is 0 Å². The van der Waals surface area contributed by atoms with E-state index >= 15 is 0 Å². The number of hydrogen-bond acceptors (Lipinski definition) is 4. The molecule has 6 heteroatoms. The first-order valence-electron chi connectivity index (χ1n) is 10.3. The average molecular weight is 383 g/mol. The normalized spacial score (nSPS) is 20.4. The second-order valence-corrected chi connectivity index (χ2v) is 7.48. The summed E-state index contributed by atoms with van der Waals surface area (Å²) < 4.78 is 11.6. The molecule has 2 fully saturated rings. The Labute approximate surface area is 166 Å². The Morgan fingerprint density at radius 1 is 1.11 bits per heavy atom. The van der Waals surface area contributed by atoms with Crippen molar-refractivity contribution in [3.63, 3.8) is 0 Å². The summed E-state index contributed by atoms with van der Waals surface area (Å²) in [6.45, 7) is 6.21. The smallest absolute Gasteiger partial charge is 0.317 e. The maximum atomic E-state index is 12.4. The van der Waals surface area contributed by atoms with E-state index in [2.05, 4.69) is 28.4 Å². The summed E-state index contributed by atoms with van der Waals surface area (Å²) in [5, 5.41) is 5.23. The topological polar surface area (TPSA) is 54.0 Å². The van der Waals surface area contributed by atoms with Gasteiger partial charge in [0.15, 0.2) is 0 Å². The highest BCUT2D eigenvalue weighted by Gasteiger charge is 2.24. The van der Waals surface area contributed by atoms with E-state index in [9.17, 15) is 4.79 Å². The van der Waals surface area contributed by atoms with Gasteiger partial charge in [0.05, 0.1) is 12.6 Å². The van der Waals surface area contributed by atoms with E-state index in [1.807, 2.05) is 29.2 Å². The van der Waals surface area contributed by atoms with Crippen LogP contribution >= 0.6 is 0 Å². The van der Waals surface area contributed by atoms with Crippen LogP contribution in [0.3, 0.4) is 0 Å². The summed E-state index contributed by atoms with van der Waals surface area (Å²) in [5.74, 6) is 0.857. The van der Waals surface area contributed by atoms with Crippen LogP contribution in [0.1, 0.15) is 12.8 Å². The minimum Gasteiger partial charge on any atom is -0.491 e. The van der Waals surface area contributed by atoms with Crippen molar-refractivity contribution in [3.05, 3.63) is 42.5 Å². The zero-order valence-corrected chi connectivity index (χ0v) is 16.3. The molecule has 1 unspecified atom stereocenters. The van der Waals surface area contributed by atoms with Crippen LogP contribution in [0.25, 0.3) is 10.8 Å². The molecule has 1 atom stereocenters. The van der Waals surface area contributed by atoms with Gasteiger partial charge in [-0.1, -0.05) is 36.4 Å². The van der Waals surface area contributed by atoms with Crippen LogP contribution in [0.2, 0.25) is 0 Å². The third-order valence-corrected chi connectivity index (χ3v) is 5.53. The second-order valence-electron chi connectivity index (χ2n) is 7.48. The Hall–Kier alpha value is -2.31. The lowest BCUT2D eigenvalue weighted by Gasteiger charge is -2.35. The molecule has 2 aromatic rings. The van der Waals surface area contributed by atoms with Gasteiger partial charge >= 0.3 is 6.03 Å². The van der Waals surface area contributed by atoms with Crippen LogP contribution in [0, 0.1) is 0 Å². The zero-order valence-electron chi connectivity index (χ0n) is 16.3. The lowest BCUT2D eigenvalue weighted by atomic mass is 10.1. The summed E-state index contributed by atoms with van der Waals surface area (Å²) in [6.07, 6.45) is 2.72. The predicted octanol–water partition coefficient (Wildman–Crippen LogP) is 2.72. The third kappa shape index (κ3) is 4.75. The molecule has 0 saturated carbocycles. The summed E-state index contributed by atoms with van der Waals surface area (Å²) in [7, 11) is 0. The predicted molar refractivity (Wildman–Crippen MR) is 110 cm³/mol. The zero-order chi connectivity index (χ0) is 19.2. The molecule has 6 nitrogen and oxygen atoms in total. The monoisotopic (exact) mass is 383 g/mol. The summed E-state index contributed by atoms with van der Waals surface area (Å²) >= 11 is 0. The fourth-order valence-electron chi connectivity index (χ4n) is 3.96. The Morgan fingerprint density at radius 2 is 1.93 bits per heavy atom. The molecule has 0 spiro atoms. The SMILES string of the molecule is O=C(NCCOc1cccc2ccccc12)N1CCN(CC2CCCO2)CC1. The molecule has 0 bridgehead atoms. The minimum absolute atomic E-state index is 0.00159. The van der Waals surface area contributed by atoms with Gasteiger partial charge < -0.3 is 19.7 Å². The highest BCUT2D eigenvalue weighted by Crippen LogP contribution is 2.24. The van der Waals surface area contributed by atoms with Crippen molar-refractivity contribution in [1.29, 1.82) is 0 Å². The number of amides is 2. The van der Waals surface area contributed by atoms with Gasteiger partial charge in [0.25, 0.3) is 0 Å². The van der Waals surface area contributed by atoms with Gasteiger partial charge in [-0.05, 0) is 24.3 Å². The number of urea groups is 1. The van der Waals surface area contributed by atoms with Crippen LogP contribution in [0.15, 0.2) is 42.5 Å². The number of piperazine rings is 1. The van der Waals surface area contributed by atoms with Crippen LogP contribution in [0.4, 0.5) is 4.79 Å². The minimum atomic E-state index is -0.00159. The number of nitrogens with one attached hydrogen (secondary N) is 1. The van der Waals surface area contributed by atoms with E-state index in [0.717, 1.165) is 62.3 Å².